The van der Waals surface area contributed by atoms with Crippen molar-refractivity contribution in [1.29, 1.82) is 0 Å². The van der Waals surface area contributed by atoms with Crippen LogP contribution in [0, 0.1) is 13.8 Å². The summed E-state index contributed by atoms with van der Waals surface area (Å²) < 4.78 is 4.52. The third-order valence-electron chi connectivity index (χ3n) is 6.31. The highest BCUT2D eigenvalue weighted by atomic mass is 15.1. The van der Waals surface area contributed by atoms with Crippen molar-refractivity contribution in [2.75, 3.05) is 0 Å². The highest BCUT2D eigenvalue weighted by Crippen LogP contribution is 2.40. The number of imidazole rings is 1. The van der Waals surface area contributed by atoms with Gasteiger partial charge in [-0.1, -0.05) is 26.0 Å². The fourth-order valence-corrected chi connectivity index (χ4v) is 4.57. The molecule has 0 radical (unpaired) electrons. The van der Waals surface area contributed by atoms with E-state index in [9.17, 15) is 0 Å². The minimum absolute atomic E-state index is 0.531. The van der Waals surface area contributed by atoms with E-state index in [-0.39, 0.29) is 0 Å². The van der Waals surface area contributed by atoms with Crippen LogP contribution in [0.5, 0.6) is 0 Å². The van der Waals surface area contributed by atoms with Crippen LogP contribution in [0.4, 0.5) is 0 Å². The van der Waals surface area contributed by atoms with Crippen LogP contribution >= 0.6 is 0 Å². The molecule has 0 aliphatic carbocycles. The van der Waals surface area contributed by atoms with Gasteiger partial charge in [-0.15, -0.1) is 0 Å². The second-order valence-corrected chi connectivity index (χ2v) is 8.36. The number of nitrogens with zero attached hydrogens (tertiary/aromatic N) is 3. The summed E-state index contributed by atoms with van der Waals surface area (Å²) in [6.45, 7) is 8.98. The van der Waals surface area contributed by atoms with Crippen molar-refractivity contribution in [2.45, 2.75) is 40.0 Å². The molecule has 0 unspecified atom stereocenters. The molecule has 3 nitrogen and oxygen atoms in total. The van der Waals surface area contributed by atoms with Crippen LogP contribution in [-0.4, -0.2) is 9.55 Å². The summed E-state index contributed by atoms with van der Waals surface area (Å²) in [6.07, 6.45) is 7.07. The molecule has 5 rings (SSSR count). The lowest BCUT2D eigenvalue weighted by molar-refractivity contribution is -0.659. The molecule has 1 aliphatic rings. The smallest absolute Gasteiger partial charge is 0.220 e. The summed E-state index contributed by atoms with van der Waals surface area (Å²) in [5, 5.41) is 2.62. The van der Waals surface area contributed by atoms with Gasteiger partial charge in [-0.2, -0.15) is 0 Å². The monoisotopic (exact) mass is 368 g/mol. The third kappa shape index (κ3) is 2.35. The second-order valence-electron chi connectivity index (χ2n) is 8.36. The maximum Gasteiger partial charge on any atom is 0.220 e. The van der Waals surface area contributed by atoms with Crippen molar-refractivity contribution in [3.05, 3.63) is 77.0 Å². The number of pyridine rings is 1. The molecular formula is C25H26N3+. The topological polar surface area (TPSA) is 21.7 Å². The molecule has 0 atom stereocenters. The molecule has 3 heterocycles. The third-order valence-corrected chi connectivity index (χ3v) is 6.31. The summed E-state index contributed by atoms with van der Waals surface area (Å²) in [7, 11) is 2.16. The minimum Gasteiger partial charge on any atom is -0.303 e. The van der Waals surface area contributed by atoms with Crippen molar-refractivity contribution in [3.8, 4) is 16.9 Å². The standard InChI is InChI=1S/C25H26N3/c1-15(2)18-6-7-20-19(13-18)8-10-27(5)25(20)24-17(4)16(3)12-22-21(24)14-23-26-9-11-28(22)23/h6-13,15H,14H2,1-5H3/q+1. The molecule has 0 fully saturated rings. The van der Waals surface area contributed by atoms with E-state index in [1.807, 2.05) is 6.20 Å². The number of hydrogen-bond acceptors (Lipinski definition) is 1. The molecule has 0 bridgehead atoms. The van der Waals surface area contributed by atoms with Crippen molar-refractivity contribution in [2.24, 2.45) is 7.05 Å². The highest BCUT2D eigenvalue weighted by Gasteiger charge is 2.29. The second kappa shape index (κ2) is 6.03. The number of hydrogen-bond donors (Lipinski definition) is 0. The first-order valence-electron chi connectivity index (χ1n) is 10.0. The average molecular weight is 369 g/mol. The Morgan fingerprint density at radius 2 is 1.93 bits per heavy atom. The van der Waals surface area contributed by atoms with Crippen LogP contribution in [0.25, 0.3) is 27.7 Å². The molecular weight excluding hydrogens is 342 g/mol. The van der Waals surface area contributed by atoms with Gasteiger partial charge in [0.15, 0.2) is 6.20 Å². The molecule has 140 valence electrons. The Bertz CT molecular complexity index is 1240. The molecule has 0 N–H and O–H groups in total. The fourth-order valence-electron chi connectivity index (χ4n) is 4.57. The lowest BCUT2D eigenvalue weighted by Gasteiger charge is -2.16. The van der Waals surface area contributed by atoms with Gasteiger partial charge in [-0.25, -0.2) is 9.55 Å². The van der Waals surface area contributed by atoms with Crippen molar-refractivity contribution < 1.29 is 4.57 Å². The van der Waals surface area contributed by atoms with Crippen LogP contribution < -0.4 is 4.57 Å². The van der Waals surface area contributed by atoms with Gasteiger partial charge in [0, 0.05) is 24.9 Å². The number of aromatic nitrogens is 3. The Kier molecular flexibility index (Phi) is 3.70. The number of aryl methyl sites for hydroxylation is 2. The lowest BCUT2D eigenvalue weighted by Crippen LogP contribution is -2.31. The van der Waals surface area contributed by atoms with Crippen molar-refractivity contribution >= 4 is 10.8 Å². The van der Waals surface area contributed by atoms with E-state index in [2.05, 4.69) is 91.6 Å². The van der Waals surface area contributed by atoms with Crippen LogP contribution in [0.1, 0.15) is 47.8 Å². The van der Waals surface area contributed by atoms with E-state index in [0.717, 1.165) is 12.2 Å². The summed E-state index contributed by atoms with van der Waals surface area (Å²) in [5.74, 6) is 1.66. The van der Waals surface area contributed by atoms with Gasteiger partial charge in [-0.05, 0) is 59.5 Å². The van der Waals surface area contributed by atoms with Crippen LogP contribution in [0.15, 0.2) is 48.9 Å². The zero-order valence-corrected chi connectivity index (χ0v) is 17.2. The molecule has 2 aromatic carbocycles. The first-order valence-corrected chi connectivity index (χ1v) is 10.0. The summed E-state index contributed by atoms with van der Waals surface area (Å²) >= 11 is 0. The Morgan fingerprint density at radius 1 is 1.11 bits per heavy atom. The van der Waals surface area contributed by atoms with E-state index >= 15 is 0 Å². The predicted octanol–water partition coefficient (Wildman–Crippen LogP) is 5.16. The van der Waals surface area contributed by atoms with Crippen LogP contribution in [-0.2, 0) is 13.5 Å². The maximum absolute atomic E-state index is 4.58. The zero-order chi connectivity index (χ0) is 19.6. The Balaban J connectivity index is 1.85. The van der Waals surface area contributed by atoms with Gasteiger partial charge in [0.05, 0.1) is 16.6 Å². The largest absolute Gasteiger partial charge is 0.303 e. The zero-order valence-electron chi connectivity index (χ0n) is 17.2. The van der Waals surface area contributed by atoms with Crippen molar-refractivity contribution in [1.82, 2.24) is 9.55 Å². The average Bonchev–Trinajstić information content (AvgIpc) is 3.25. The van der Waals surface area contributed by atoms with Gasteiger partial charge < -0.3 is 4.57 Å². The van der Waals surface area contributed by atoms with Gasteiger partial charge in [0.1, 0.15) is 12.9 Å². The van der Waals surface area contributed by atoms with E-state index in [0.29, 0.717) is 5.92 Å². The van der Waals surface area contributed by atoms with Gasteiger partial charge in [0.25, 0.3) is 0 Å². The van der Waals surface area contributed by atoms with E-state index < -0.39 is 0 Å². The minimum atomic E-state index is 0.531. The Morgan fingerprint density at radius 3 is 2.71 bits per heavy atom. The van der Waals surface area contributed by atoms with E-state index in [1.54, 1.807) is 0 Å². The van der Waals surface area contributed by atoms with E-state index in [1.165, 1.54) is 50.0 Å². The van der Waals surface area contributed by atoms with E-state index in [4.69, 9.17) is 0 Å². The van der Waals surface area contributed by atoms with Gasteiger partial charge in [0.2, 0.25) is 5.69 Å². The SMILES string of the molecule is Cc1cc2c(c(-c3c4ccc(C(C)C)cc4cc[n+]3C)c1C)Cc1nccn1-2. The molecule has 1 aliphatic heterocycles. The lowest BCUT2D eigenvalue weighted by atomic mass is 9.89. The molecule has 0 amide bonds. The van der Waals surface area contributed by atoms with Crippen molar-refractivity contribution in [3.63, 3.8) is 0 Å². The van der Waals surface area contributed by atoms with Gasteiger partial charge >= 0.3 is 0 Å². The normalized spacial score (nSPS) is 12.6. The molecule has 2 aromatic heterocycles. The number of rotatable bonds is 2. The number of benzene rings is 2. The molecule has 0 saturated heterocycles. The molecule has 4 aromatic rings. The number of fused-ring (bicyclic) bond motifs is 4. The quantitative estimate of drug-likeness (QED) is 0.394. The summed E-state index contributed by atoms with van der Waals surface area (Å²) in [6, 6.07) is 11.5. The molecule has 0 saturated carbocycles. The van der Waals surface area contributed by atoms with Crippen LogP contribution in [0.3, 0.4) is 0 Å². The Labute approximate surface area is 166 Å². The predicted molar refractivity (Wildman–Crippen MR) is 114 cm³/mol. The molecule has 28 heavy (non-hydrogen) atoms. The maximum atomic E-state index is 4.58. The first kappa shape index (κ1) is 17.2. The summed E-state index contributed by atoms with van der Waals surface area (Å²) in [5.41, 5.74) is 9.41. The molecule has 3 heteroatoms. The van der Waals surface area contributed by atoms with Crippen LogP contribution in [0.2, 0.25) is 0 Å². The fraction of sp³-hybridized carbons (Fsp3) is 0.280. The Hall–Kier alpha value is -2.94. The molecule has 0 spiro atoms. The summed E-state index contributed by atoms with van der Waals surface area (Å²) in [4.78, 5) is 4.58. The first-order chi connectivity index (χ1) is 13.5. The highest BCUT2D eigenvalue weighted by molar-refractivity contribution is 5.95. The van der Waals surface area contributed by atoms with Gasteiger partial charge in [-0.3, -0.25) is 0 Å².